The van der Waals surface area contributed by atoms with Crippen LogP contribution < -0.4 is 9.47 Å². The molecule has 4 heteroatoms. The van der Waals surface area contributed by atoms with Gasteiger partial charge in [0.1, 0.15) is 28.9 Å². The highest BCUT2D eigenvalue weighted by molar-refractivity contribution is 5.81. The topological polar surface area (TPSA) is 51.8 Å². The predicted octanol–water partition coefficient (Wildman–Crippen LogP) is 3.75. The number of hydrogen-bond donors (Lipinski definition) is 1. The van der Waals surface area contributed by atoms with Crippen LogP contribution in [-0.4, -0.2) is 11.7 Å². The molecule has 2 atom stereocenters. The maximum Gasteiger partial charge on any atom is 0.138 e. The zero-order valence-electron chi connectivity index (χ0n) is 11.1. The van der Waals surface area contributed by atoms with Crippen molar-refractivity contribution in [1.29, 1.82) is 0 Å². The lowest BCUT2D eigenvalue weighted by Crippen LogP contribution is -2.22. The molecule has 0 saturated heterocycles. The summed E-state index contributed by atoms with van der Waals surface area (Å²) in [6.45, 7) is 0.542. The number of aromatic hydroxyl groups is 1. The fraction of sp³-hybridized carbons (Fsp3) is 0.176. The number of phenolic OH excluding ortho intramolecular Hbond substituents is 1. The Hall–Kier alpha value is -2.62. The Balaban J connectivity index is 1.66. The van der Waals surface area contributed by atoms with Crippen LogP contribution in [-0.2, 0) is 0 Å². The number of rotatable bonds is 0. The van der Waals surface area contributed by atoms with Gasteiger partial charge in [-0.25, -0.2) is 0 Å². The first-order chi connectivity index (χ1) is 10.3. The van der Waals surface area contributed by atoms with E-state index in [0.29, 0.717) is 12.4 Å². The monoisotopic (exact) mass is 280 g/mol. The molecule has 1 N–H and O–H groups in total. The number of furan rings is 1. The zero-order valence-corrected chi connectivity index (χ0v) is 11.1. The standard InChI is InChI=1S/C17H12O4/c18-10-1-2-11-15(6-10)20-8-13-12-7-14-9(3-4-19-14)5-16(12)21-17(11)13/h1-7,13,17-18H,8H2/t13-,17-/m0/s1. The van der Waals surface area contributed by atoms with Gasteiger partial charge in [-0.05, 0) is 30.3 Å². The number of phenols is 1. The molecule has 0 saturated carbocycles. The fourth-order valence-electron chi connectivity index (χ4n) is 3.30. The molecule has 104 valence electrons. The molecule has 0 radical (unpaired) electrons. The Morgan fingerprint density at radius 1 is 1.00 bits per heavy atom. The molecule has 21 heavy (non-hydrogen) atoms. The van der Waals surface area contributed by atoms with Gasteiger partial charge in [0.05, 0.1) is 18.8 Å². The van der Waals surface area contributed by atoms with Crippen LogP contribution in [0.2, 0.25) is 0 Å². The third kappa shape index (κ3) is 1.44. The normalized spacial score (nSPS) is 22.1. The van der Waals surface area contributed by atoms with Gasteiger partial charge in [-0.1, -0.05) is 0 Å². The van der Waals surface area contributed by atoms with Gasteiger partial charge in [-0.15, -0.1) is 0 Å². The second-order valence-electron chi connectivity index (χ2n) is 5.53. The highest BCUT2D eigenvalue weighted by Gasteiger charge is 2.41. The van der Waals surface area contributed by atoms with Gasteiger partial charge in [0.25, 0.3) is 0 Å². The van der Waals surface area contributed by atoms with E-state index in [-0.39, 0.29) is 17.8 Å². The molecule has 2 aliphatic heterocycles. The fourth-order valence-corrected chi connectivity index (χ4v) is 3.30. The van der Waals surface area contributed by atoms with Gasteiger partial charge in [0.2, 0.25) is 0 Å². The van der Waals surface area contributed by atoms with Gasteiger partial charge < -0.3 is 19.0 Å². The SMILES string of the molecule is Oc1ccc2c(c1)OC[C@H]1c3cc4occc4cc3O[C@@H]21. The van der Waals surface area contributed by atoms with E-state index in [0.717, 1.165) is 27.8 Å². The van der Waals surface area contributed by atoms with E-state index in [9.17, 15) is 5.11 Å². The summed E-state index contributed by atoms with van der Waals surface area (Å²) < 4.78 is 17.4. The average molecular weight is 280 g/mol. The molecule has 0 fully saturated rings. The molecule has 3 aromatic rings. The lowest BCUT2D eigenvalue weighted by Gasteiger charge is -2.27. The smallest absolute Gasteiger partial charge is 0.138 e. The molecule has 0 amide bonds. The van der Waals surface area contributed by atoms with Crippen molar-refractivity contribution in [1.82, 2.24) is 0 Å². The summed E-state index contributed by atoms with van der Waals surface area (Å²) in [4.78, 5) is 0. The number of ether oxygens (including phenoxy) is 2. The van der Waals surface area contributed by atoms with Crippen LogP contribution in [0.25, 0.3) is 11.0 Å². The van der Waals surface area contributed by atoms with Crippen molar-refractivity contribution in [2.24, 2.45) is 0 Å². The lowest BCUT2D eigenvalue weighted by atomic mass is 9.89. The minimum Gasteiger partial charge on any atom is -0.508 e. The summed E-state index contributed by atoms with van der Waals surface area (Å²) >= 11 is 0. The van der Waals surface area contributed by atoms with E-state index < -0.39 is 0 Å². The first-order valence-corrected chi connectivity index (χ1v) is 6.93. The summed E-state index contributed by atoms with van der Waals surface area (Å²) in [5, 5.41) is 10.6. The molecule has 4 nitrogen and oxygen atoms in total. The van der Waals surface area contributed by atoms with Crippen LogP contribution in [0.15, 0.2) is 47.1 Å². The van der Waals surface area contributed by atoms with Crippen molar-refractivity contribution >= 4 is 11.0 Å². The van der Waals surface area contributed by atoms with Crippen molar-refractivity contribution in [2.75, 3.05) is 6.61 Å². The van der Waals surface area contributed by atoms with Crippen molar-refractivity contribution in [3.05, 3.63) is 53.8 Å². The van der Waals surface area contributed by atoms with Gasteiger partial charge in [0, 0.05) is 22.6 Å². The molecule has 0 spiro atoms. The third-order valence-electron chi connectivity index (χ3n) is 4.33. The number of hydrogen-bond acceptors (Lipinski definition) is 4. The maximum absolute atomic E-state index is 9.57. The van der Waals surface area contributed by atoms with Gasteiger partial charge in [-0.2, -0.15) is 0 Å². The Bertz CT molecular complexity index is 864. The van der Waals surface area contributed by atoms with Gasteiger partial charge in [-0.3, -0.25) is 0 Å². The first-order valence-electron chi connectivity index (χ1n) is 6.93. The third-order valence-corrected chi connectivity index (χ3v) is 4.33. The summed E-state index contributed by atoms with van der Waals surface area (Å²) in [5.74, 6) is 1.96. The van der Waals surface area contributed by atoms with Gasteiger partial charge >= 0.3 is 0 Å². The Labute approximate surface area is 120 Å². The van der Waals surface area contributed by atoms with Crippen LogP contribution in [0.1, 0.15) is 23.1 Å². The highest BCUT2D eigenvalue weighted by Crippen LogP contribution is 2.52. The van der Waals surface area contributed by atoms with E-state index in [1.807, 2.05) is 24.3 Å². The summed E-state index contributed by atoms with van der Waals surface area (Å²) in [7, 11) is 0. The van der Waals surface area contributed by atoms with E-state index >= 15 is 0 Å². The Kier molecular flexibility index (Phi) is 1.97. The number of fused-ring (bicyclic) bond motifs is 6. The molecule has 0 bridgehead atoms. The minimum atomic E-state index is -0.0594. The lowest BCUT2D eigenvalue weighted by molar-refractivity contribution is 0.139. The second-order valence-corrected chi connectivity index (χ2v) is 5.53. The molecular formula is C17H12O4. The van der Waals surface area contributed by atoms with Crippen molar-refractivity contribution in [3.63, 3.8) is 0 Å². The second kappa shape index (κ2) is 3.73. The maximum atomic E-state index is 9.57. The van der Waals surface area contributed by atoms with Crippen LogP contribution >= 0.6 is 0 Å². The molecule has 3 heterocycles. The quantitative estimate of drug-likeness (QED) is 0.681. The summed E-state index contributed by atoms with van der Waals surface area (Å²) in [6, 6.07) is 11.2. The molecule has 0 aliphatic carbocycles. The van der Waals surface area contributed by atoms with Crippen LogP contribution in [0, 0.1) is 0 Å². The van der Waals surface area contributed by atoms with Gasteiger partial charge in [0.15, 0.2) is 0 Å². The van der Waals surface area contributed by atoms with E-state index in [1.54, 1.807) is 18.4 Å². The summed E-state index contributed by atoms with van der Waals surface area (Å²) in [5.41, 5.74) is 2.98. The Morgan fingerprint density at radius 3 is 2.90 bits per heavy atom. The highest BCUT2D eigenvalue weighted by atomic mass is 16.5. The molecular weight excluding hydrogens is 268 g/mol. The van der Waals surface area contributed by atoms with E-state index in [2.05, 4.69) is 0 Å². The molecule has 1 aromatic heterocycles. The van der Waals surface area contributed by atoms with Crippen molar-refractivity contribution in [2.45, 2.75) is 12.0 Å². The van der Waals surface area contributed by atoms with Crippen molar-refractivity contribution in [3.8, 4) is 17.2 Å². The summed E-state index contributed by atoms with van der Waals surface area (Å²) in [6.07, 6.45) is 1.63. The average Bonchev–Trinajstić information content (AvgIpc) is 3.07. The Morgan fingerprint density at radius 2 is 1.95 bits per heavy atom. The molecule has 2 aliphatic rings. The zero-order chi connectivity index (χ0) is 14.0. The molecule has 2 aromatic carbocycles. The van der Waals surface area contributed by atoms with Crippen LogP contribution in [0.5, 0.6) is 17.2 Å². The van der Waals surface area contributed by atoms with Crippen LogP contribution in [0.3, 0.4) is 0 Å². The first kappa shape index (κ1) is 11.1. The molecule has 5 rings (SSSR count). The minimum absolute atomic E-state index is 0.0594. The van der Waals surface area contributed by atoms with E-state index in [1.165, 1.54) is 0 Å². The van der Waals surface area contributed by atoms with Crippen LogP contribution in [0.4, 0.5) is 0 Å². The predicted molar refractivity (Wildman–Crippen MR) is 75.9 cm³/mol. The number of benzene rings is 2. The molecule has 0 unspecified atom stereocenters. The van der Waals surface area contributed by atoms with Crippen molar-refractivity contribution < 1.29 is 19.0 Å². The van der Waals surface area contributed by atoms with E-state index in [4.69, 9.17) is 13.9 Å². The largest absolute Gasteiger partial charge is 0.508 e.